The average molecular weight is 265 g/mol. The third-order valence-electron chi connectivity index (χ3n) is 2.59. The molecule has 1 heterocycles. The van der Waals surface area contributed by atoms with E-state index in [2.05, 4.69) is 4.74 Å². The molecule has 1 aliphatic rings. The predicted octanol–water partition coefficient (Wildman–Crippen LogP) is -0.572. The molecule has 1 atom stereocenters. The van der Waals surface area contributed by atoms with Gasteiger partial charge in [-0.05, 0) is 19.3 Å². The lowest BCUT2D eigenvalue weighted by molar-refractivity contribution is -0.146. The summed E-state index contributed by atoms with van der Waals surface area (Å²) < 4.78 is 29.0. The number of hydrogen-bond acceptors (Lipinski definition) is 5. The van der Waals surface area contributed by atoms with Gasteiger partial charge in [-0.2, -0.15) is 4.31 Å². The quantitative estimate of drug-likeness (QED) is 0.683. The van der Waals surface area contributed by atoms with E-state index in [1.54, 1.807) is 0 Å². The third kappa shape index (κ3) is 3.40. The average Bonchev–Trinajstić information content (AvgIpc) is 2.26. The van der Waals surface area contributed by atoms with Gasteiger partial charge in [0.05, 0.1) is 7.11 Å². The Kier molecular flexibility index (Phi) is 4.47. The SMILES string of the molecule is COC(=O)C1CCCCN1S(=O)(=O)CC(=O)O. The van der Waals surface area contributed by atoms with Crippen LogP contribution in [0, 0.1) is 0 Å². The summed E-state index contributed by atoms with van der Waals surface area (Å²) in [6, 6.07) is -0.891. The van der Waals surface area contributed by atoms with Crippen molar-refractivity contribution < 1.29 is 27.9 Å². The number of aliphatic carboxylic acids is 1. The Hall–Kier alpha value is -1.15. The molecule has 1 rings (SSSR count). The highest BCUT2D eigenvalue weighted by molar-refractivity contribution is 7.89. The van der Waals surface area contributed by atoms with Crippen molar-refractivity contribution in [2.45, 2.75) is 25.3 Å². The summed E-state index contributed by atoms with van der Waals surface area (Å²) >= 11 is 0. The molecule has 0 aromatic heterocycles. The van der Waals surface area contributed by atoms with Crippen LogP contribution >= 0.6 is 0 Å². The van der Waals surface area contributed by atoms with Crippen molar-refractivity contribution in [1.82, 2.24) is 4.31 Å². The summed E-state index contributed by atoms with van der Waals surface area (Å²) in [7, 11) is -2.77. The monoisotopic (exact) mass is 265 g/mol. The first-order chi connectivity index (χ1) is 7.88. The van der Waals surface area contributed by atoms with E-state index >= 15 is 0 Å². The molecule has 0 aromatic rings. The number of hydrogen-bond donors (Lipinski definition) is 1. The van der Waals surface area contributed by atoms with Gasteiger partial charge in [-0.3, -0.25) is 9.59 Å². The standard InChI is InChI=1S/C9H15NO6S/c1-16-9(13)7-4-2-3-5-10(7)17(14,15)6-8(11)12/h7H,2-6H2,1H3,(H,11,12). The van der Waals surface area contributed by atoms with Crippen molar-refractivity contribution in [3.63, 3.8) is 0 Å². The number of rotatable bonds is 4. The summed E-state index contributed by atoms with van der Waals surface area (Å²) in [6.45, 7) is 0.162. The molecule has 1 aliphatic heterocycles. The Morgan fingerprint density at radius 2 is 2.06 bits per heavy atom. The van der Waals surface area contributed by atoms with Crippen molar-refractivity contribution in [3.8, 4) is 0 Å². The molecule has 1 saturated heterocycles. The fourth-order valence-corrected chi connectivity index (χ4v) is 3.31. The molecule has 0 amide bonds. The van der Waals surface area contributed by atoms with Gasteiger partial charge < -0.3 is 9.84 Å². The molecule has 0 bridgehead atoms. The van der Waals surface area contributed by atoms with Gasteiger partial charge in [0.1, 0.15) is 6.04 Å². The van der Waals surface area contributed by atoms with E-state index in [4.69, 9.17) is 5.11 Å². The largest absolute Gasteiger partial charge is 0.480 e. The number of nitrogens with zero attached hydrogens (tertiary/aromatic N) is 1. The van der Waals surface area contributed by atoms with E-state index in [1.807, 2.05) is 0 Å². The fourth-order valence-electron chi connectivity index (χ4n) is 1.85. The Morgan fingerprint density at radius 3 is 2.59 bits per heavy atom. The Bertz CT molecular complexity index is 404. The zero-order valence-electron chi connectivity index (χ0n) is 9.46. The van der Waals surface area contributed by atoms with Crippen LogP contribution in [0.5, 0.6) is 0 Å². The number of methoxy groups -OCH3 is 1. The van der Waals surface area contributed by atoms with Gasteiger partial charge in [-0.15, -0.1) is 0 Å². The number of carboxylic acid groups (broad SMARTS) is 1. The number of esters is 1. The van der Waals surface area contributed by atoms with Gasteiger partial charge >= 0.3 is 11.9 Å². The van der Waals surface area contributed by atoms with Crippen LogP contribution in [-0.2, 0) is 24.3 Å². The Morgan fingerprint density at radius 1 is 1.41 bits per heavy atom. The summed E-state index contributed by atoms with van der Waals surface area (Å²) in [5.41, 5.74) is 0. The molecule has 0 spiro atoms. The van der Waals surface area contributed by atoms with E-state index in [0.29, 0.717) is 12.8 Å². The molecule has 0 saturated carbocycles. The second-order valence-corrected chi connectivity index (χ2v) is 5.72. The van der Waals surface area contributed by atoms with Gasteiger partial charge in [0, 0.05) is 6.54 Å². The third-order valence-corrected chi connectivity index (χ3v) is 4.35. The maximum absolute atomic E-state index is 11.8. The summed E-state index contributed by atoms with van der Waals surface area (Å²) in [6.07, 6.45) is 1.71. The van der Waals surface area contributed by atoms with Crippen molar-refractivity contribution in [2.24, 2.45) is 0 Å². The molecule has 0 aromatic carbocycles. The molecular formula is C9H15NO6S. The topological polar surface area (TPSA) is 101 Å². The van der Waals surface area contributed by atoms with Gasteiger partial charge in [-0.25, -0.2) is 8.42 Å². The van der Waals surface area contributed by atoms with Crippen molar-refractivity contribution >= 4 is 22.0 Å². The first-order valence-electron chi connectivity index (χ1n) is 5.17. The van der Waals surface area contributed by atoms with E-state index in [0.717, 1.165) is 10.7 Å². The highest BCUT2D eigenvalue weighted by Gasteiger charge is 2.38. The lowest BCUT2D eigenvalue weighted by Crippen LogP contribution is -2.49. The molecule has 0 radical (unpaired) electrons. The number of carbonyl (C=O) groups is 2. The van der Waals surface area contributed by atoms with Crippen LogP contribution in [0.4, 0.5) is 0 Å². The maximum Gasteiger partial charge on any atom is 0.324 e. The molecule has 17 heavy (non-hydrogen) atoms. The smallest absolute Gasteiger partial charge is 0.324 e. The second-order valence-electron chi connectivity index (χ2n) is 3.80. The molecule has 8 heteroatoms. The molecular weight excluding hydrogens is 250 g/mol. The number of sulfonamides is 1. The van der Waals surface area contributed by atoms with Gasteiger partial charge in [-0.1, -0.05) is 0 Å². The zero-order chi connectivity index (χ0) is 13.1. The normalized spacial score (nSPS) is 22.1. The molecule has 0 aliphatic carbocycles. The lowest BCUT2D eigenvalue weighted by Gasteiger charge is -2.32. The van der Waals surface area contributed by atoms with Crippen LogP contribution in [-0.4, -0.2) is 55.2 Å². The Labute approximate surface area is 99.4 Å². The molecule has 1 fully saturated rings. The number of piperidine rings is 1. The molecule has 98 valence electrons. The van der Waals surface area contributed by atoms with Crippen molar-refractivity contribution in [2.75, 3.05) is 19.4 Å². The van der Waals surface area contributed by atoms with Crippen LogP contribution in [0.1, 0.15) is 19.3 Å². The van der Waals surface area contributed by atoms with E-state index < -0.39 is 33.8 Å². The number of carbonyl (C=O) groups excluding carboxylic acids is 1. The van der Waals surface area contributed by atoms with Crippen LogP contribution in [0.15, 0.2) is 0 Å². The first kappa shape index (κ1) is 13.9. The zero-order valence-corrected chi connectivity index (χ0v) is 10.3. The van der Waals surface area contributed by atoms with Gasteiger partial charge in [0.25, 0.3) is 0 Å². The van der Waals surface area contributed by atoms with E-state index in [1.165, 1.54) is 7.11 Å². The van der Waals surface area contributed by atoms with Crippen molar-refractivity contribution in [1.29, 1.82) is 0 Å². The maximum atomic E-state index is 11.8. The number of carboxylic acids is 1. The summed E-state index contributed by atoms with van der Waals surface area (Å²) in [4.78, 5) is 21.9. The van der Waals surface area contributed by atoms with Crippen LogP contribution in [0.25, 0.3) is 0 Å². The van der Waals surface area contributed by atoms with Gasteiger partial charge in [0.15, 0.2) is 5.75 Å². The first-order valence-corrected chi connectivity index (χ1v) is 6.78. The Balaban J connectivity index is 2.91. The highest BCUT2D eigenvalue weighted by Crippen LogP contribution is 2.21. The molecule has 7 nitrogen and oxygen atoms in total. The lowest BCUT2D eigenvalue weighted by atomic mass is 10.1. The minimum atomic E-state index is -3.95. The fraction of sp³-hybridized carbons (Fsp3) is 0.778. The highest BCUT2D eigenvalue weighted by atomic mass is 32.2. The number of ether oxygens (including phenoxy) is 1. The minimum Gasteiger partial charge on any atom is -0.480 e. The van der Waals surface area contributed by atoms with E-state index in [-0.39, 0.29) is 6.54 Å². The summed E-state index contributed by atoms with van der Waals surface area (Å²) in [5.74, 6) is -3.07. The van der Waals surface area contributed by atoms with Crippen molar-refractivity contribution in [3.05, 3.63) is 0 Å². The van der Waals surface area contributed by atoms with Crippen LogP contribution in [0.2, 0.25) is 0 Å². The van der Waals surface area contributed by atoms with Crippen LogP contribution < -0.4 is 0 Å². The van der Waals surface area contributed by atoms with Gasteiger partial charge in [0.2, 0.25) is 10.0 Å². The molecule has 1 N–H and O–H groups in total. The van der Waals surface area contributed by atoms with Crippen LogP contribution in [0.3, 0.4) is 0 Å². The molecule has 1 unspecified atom stereocenters. The summed E-state index contributed by atoms with van der Waals surface area (Å²) in [5, 5.41) is 8.54. The predicted molar refractivity (Wildman–Crippen MR) is 57.8 cm³/mol. The minimum absolute atomic E-state index is 0.162. The second kappa shape index (κ2) is 5.46. The van der Waals surface area contributed by atoms with E-state index in [9.17, 15) is 18.0 Å².